The third-order valence-electron chi connectivity index (χ3n) is 3.94. The molecule has 0 fully saturated rings. The van der Waals surface area contributed by atoms with Gasteiger partial charge in [0.05, 0.1) is 18.8 Å². The lowest BCUT2D eigenvalue weighted by atomic mass is 10.1. The molecule has 0 aliphatic carbocycles. The highest BCUT2D eigenvalue weighted by Crippen LogP contribution is 2.16. The molecule has 5 heteroatoms. The monoisotopic (exact) mass is 324 g/mol. The summed E-state index contributed by atoms with van der Waals surface area (Å²) in [6.45, 7) is 6.66. The number of rotatable bonds is 7. The van der Waals surface area contributed by atoms with Gasteiger partial charge < -0.3 is 4.52 Å². The predicted octanol–water partition coefficient (Wildman–Crippen LogP) is 3.67. The van der Waals surface area contributed by atoms with Gasteiger partial charge in [-0.2, -0.15) is 5.10 Å². The summed E-state index contributed by atoms with van der Waals surface area (Å²) in [5.41, 5.74) is 3.55. The maximum absolute atomic E-state index is 5.42. The van der Waals surface area contributed by atoms with Crippen molar-refractivity contribution >= 4 is 0 Å². The summed E-state index contributed by atoms with van der Waals surface area (Å²) >= 11 is 0. The predicted molar refractivity (Wildman–Crippen MR) is 93.5 cm³/mol. The Morgan fingerprint density at radius 3 is 2.67 bits per heavy atom. The fraction of sp³-hybridized carbons (Fsp3) is 0.368. The van der Waals surface area contributed by atoms with E-state index in [1.54, 1.807) is 6.20 Å². The third kappa shape index (κ3) is 4.32. The van der Waals surface area contributed by atoms with E-state index in [2.05, 4.69) is 66.4 Å². The second kappa shape index (κ2) is 7.45. The second-order valence-electron chi connectivity index (χ2n) is 6.57. The summed E-state index contributed by atoms with van der Waals surface area (Å²) in [4.78, 5) is 2.23. The van der Waals surface area contributed by atoms with Crippen molar-refractivity contribution in [3.05, 3.63) is 71.4 Å². The zero-order valence-corrected chi connectivity index (χ0v) is 14.5. The van der Waals surface area contributed by atoms with Crippen molar-refractivity contribution in [3.8, 4) is 0 Å². The minimum Gasteiger partial charge on any atom is -0.360 e. The van der Waals surface area contributed by atoms with Gasteiger partial charge in [-0.1, -0.05) is 43.3 Å². The van der Waals surface area contributed by atoms with E-state index in [0.717, 1.165) is 31.1 Å². The highest BCUT2D eigenvalue weighted by molar-refractivity contribution is 5.23. The smallest absolute Gasteiger partial charge is 0.150 e. The van der Waals surface area contributed by atoms with Crippen LogP contribution in [0.4, 0.5) is 0 Å². The van der Waals surface area contributed by atoms with Gasteiger partial charge in [-0.05, 0) is 30.2 Å². The van der Waals surface area contributed by atoms with E-state index in [1.165, 1.54) is 11.1 Å². The van der Waals surface area contributed by atoms with Crippen molar-refractivity contribution in [2.24, 2.45) is 0 Å². The summed E-state index contributed by atoms with van der Waals surface area (Å²) in [5, 5.41) is 8.38. The molecule has 0 spiro atoms. The van der Waals surface area contributed by atoms with E-state index < -0.39 is 0 Å². The number of nitrogens with zero attached hydrogens (tertiary/aromatic N) is 4. The van der Waals surface area contributed by atoms with Crippen LogP contribution in [0.3, 0.4) is 0 Å². The first kappa shape index (κ1) is 16.5. The fourth-order valence-electron chi connectivity index (χ4n) is 2.72. The molecule has 0 amide bonds. The minimum absolute atomic E-state index is 0.395. The van der Waals surface area contributed by atoms with Crippen molar-refractivity contribution in [2.75, 3.05) is 7.05 Å². The van der Waals surface area contributed by atoms with Crippen LogP contribution in [-0.2, 0) is 19.6 Å². The van der Waals surface area contributed by atoms with Crippen molar-refractivity contribution in [2.45, 2.75) is 39.4 Å². The first-order chi connectivity index (χ1) is 11.6. The Balaban J connectivity index is 1.60. The zero-order chi connectivity index (χ0) is 16.9. The van der Waals surface area contributed by atoms with Gasteiger partial charge in [-0.3, -0.25) is 9.58 Å². The fourth-order valence-corrected chi connectivity index (χ4v) is 2.72. The molecule has 24 heavy (non-hydrogen) atoms. The number of hydrogen-bond donors (Lipinski definition) is 0. The molecular weight excluding hydrogens is 300 g/mol. The molecule has 5 nitrogen and oxygen atoms in total. The van der Waals surface area contributed by atoms with Crippen LogP contribution < -0.4 is 0 Å². The molecular formula is C19H24N4O. The molecule has 1 aromatic carbocycles. The summed E-state index contributed by atoms with van der Waals surface area (Å²) in [6, 6.07) is 12.6. The van der Waals surface area contributed by atoms with Gasteiger partial charge >= 0.3 is 0 Å². The lowest BCUT2D eigenvalue weighted by molar-refractivity contribution is 0.265. The Morgan fingerprint density at radius 2 is 1.96 bits per heavy atom. The molecule has 3 aromatic rings. The molecule has 2 aromatic heterocycles. The Morgan fingerprint density at radius 1 is 1.12 bits per heavy atom. The molecule has 0 aliphatic rings. The molecule has 0 saturated carbocycles. The Kier molecular flexibility index (Phi) is 5.11. The molecule has 0 saturated heterocycles. The lowest BCUT2D eigenvalue weighted by Crippen LogP contribution is -2.17. The molecule has 0 bridgehead atoms. The van der Waals surface area contributed by atoms with Crippen LogP contribution in [0.15, 0.2) is 53.3 Å². The molecule has 0 radical (unpaired) electrons. The molecule has 0 N–H and O–H groups in total. The topological polar surface area (TPSA) is 47.1 Å². The zero-order valence-electron chi connectivity index (χ0n) is 14.5. The standard InChI is InChI=1S/C19H24N4O/c1-15(2)19-11-18(24-21-19)14-22(3)12-16-6-4-7-17(10-16)13-23-9-5-8-20-23/h4-11,15H,12-14H2,1-3H3. The summed E-state index contributed by atoms with van der Waals surface area (Å²) < 4.78 is 7.36. The highest BCUT2D eigenvalue weighted by Gasteiger charge is 2.10. The van der Waals surface area contributed by atoms with E-state index in [9.17, 15) is 0 Å². The number of aromatic nitrogens is 3. The van der Waals surface area contributed by atoms with E-state index >= 15 is 0 Å². The van der Waals surface area contributed by atoms with E-state index in [-0.39, 0.29) is 0 Å². The average molecular weight is 324 g/mol. The van der Waals surface area contributed by atoms with Crippen LogP contribution in [0, 0.1) is 0 Å². The van der Waals surface area contributed by atoms with Gasteiger partial charge in [0.25, 0.3) is 0 Å². The van der Waals surface area contributed by atoms with Crippen molar-refractivity contribution < 1.29 is 4.52 Å². The van der Waals surface area contributed by atoms with Gasteiger partial charge in [0.1, 0.15) is 0 Å². The van der Waals surface area contributed by atoms with Crippen LogP contribution >= 0.6 is 0 Å². The molecule has 3 rings (SSSR count). The summed E-state index contributed by atoms with van der Waals surface area (Å²) in [6.07, 6.45) is 3.79. The highest BCUT2D eigenvalue weighted by atomic mass is 16.5. The van der Waals surface area contributed by atoms with Crippen LogP contribution in [0.5, 0.6) is 0 Å². The van der Waals surface area contributed by atoms with Crippen LogP contribution in [0.2, 0.25) is 0 Å². The van der Waals surface area contributed by atoms with Crippen molar-refractivity contribution in [1.82, 2.24) is 19.8 Å². The first-order valence-electron chi connectivity index (χ1n) is 8.29. The minimum atomic E-state index is 0.395. The average Bonchev–Trinajstić information content (AvgIpc) is 3.19. The SMILES string of the molecule is CC(C)c1cc(CN(C)Cc2cccc(Cn3cccn3)c2)on1. The van der Waals surface area contributed by atoms with Crippen LogP contribution in [0.1, 0.15) is 42.3 Å². The largest absolute Gasteiger partial charge is 0.360 e. The van der Waals surface area contributed by atoms with Gasteiger partial charge in [0, 0.05) is 25.0 Å². The van der Waals surface area contributed by atoms with Gasteiger partial charge in [-0.25, -0.2) is 0 Å². The first-order valence-corrected chi connectivity index (χ1v) is 8.29. The molecule has 126 valence electrons. The Bertz CT molecular complexity index is 761. The van der Waals surface area contributed by atoms with Crippen molar-refractivity contribution in [1.29, 1.82) is 0 Å². The third-order valence-corrected chi connectivity index (χ3v) is 3.94. The molecule has 2 heterocycles. The Hall–Kier alpha value is -2.40. The van der Waals surface area contributed by atoms with Gasteiger partial charge in [0.2, 0.25) is 0 Å². The van der Waals surface area contributed by atoms with Gasteiger partial charge in [0.15, 0.2) is 5.76 Å². The number of benzene rings is 1. The van der Waals surface area contributed by atoms with Gasteiger partial charge in [-0.15, -0.1) is 0 Å². The van der Waals surface area contributed by atoms with E-state index in [4.69, 9.17) is 4.52 Å². The quantitative estimate of drug-likeness (QED) is 0.665. The number of hydrogen-bond acceptors (Lipinski definition) is 4. The van der Waals surface area contributed by atoms with E-state index in [0.29, 0.717) is 5.92 Å². The normalized spacial score (nSPS) is 11.5. The maximum Gasteiger partial charge on any atom is 0.150 e. The molecule has 0 aliphatic heterocycles. The molecule has 0 unspecified atom stereocenters. The maximum atomic E-state index is 5.42. The van der Waals surface area contributed by atoms with Crippen LogP contribution in [-0.4, -0.2) is 26.9 Å². The lowest BCUT2D eigenvalue weighted by Gasteiger charge is -2.15. The Labute approximate surface area is 142 Å². The second-order valence-corrected chi connectivity index (χ2v) is 6.57. The van der Waals surface area contributed by atoms with Crippen molar-refractivity contribution in [3.63, 3.8) is 0 Å². The molecule has 0 atom stereocenters. The summed E-state index contributed by atoms with van der Waals surface area (Å²) in [5.74, 6) is 1.31. The van der Waals surface area contributed by atoms with Crippen LogP contribution in [0.25, 0.3) is 0 Å². The van der Waals surface area contributed by atoms with E-state index in [1.807, 2.05) is 16.9 Å². The summed E-state index contributed by atoms with van der Waals surface area (Å²) in [7, 11) is 2.09.